The Balaban J connectivity index is 2.25. The number of aromatic nitrogens is 3. The predicted octanol–water partition coefficient (Wildman–Crippen LogP) is 1.02. The molecule has 1 aromatic heterocycles. The maximum absolute atomic E-state index is 3.90. The number of aryl methyl sites for hydroxylation is 1. The lowest BCUT2D eigenvalue weighted by atomic mass is 10.2. The molecule has 0 aliphatic carbocycles. The summed E-state index contributed by atoms with van der Waals surface area (Å²) in [6.07, 6.45) is 1.80. The average molecular weight is 239 g/mol. The number of nitrogens with one attached hydrogen (secondary N) is 1. The molecule has 0 spiro atoms. The van der Waals surface area contributed by atoms with E-state index in [0.717, 1.165) is 25.3 Å². The van der Waals surface area contributed by atoms with Crippen molar-refractivity contribution in [3.8, 4) is 0 Å². The summed E-state index contributed by atoms with van der Waals surface area (Å²) in [5.41, 5.74) is 1.12. The molecule has 0 aliphatic rings. The fourth-order valence-corrected chi connectivity index (χ4v) is 2.01. The smallest absolute Gasteiger partial charge is 0.0738 e. The van der Waals surface area contributed by atoms with E-state index in [4.69, 9.17) is 0 Å². The SMILES string of the molecule is CC(C)N(CCNCc1cnnn1C)C(C)C. The van der Waals surface area contributed by atoms with Gasteiger partial charge in [0, 0.05) is 38.8 Å². The summed E-state index contributed by atoms with van der Waals surface area (Å²) in [5, 5.41) is 11.2. The molecule has 1 N–H and O–H groups in total. The molecule has 0 unspecified atom stereocenters. The van der Waals surface area contributed by atoms with Crippen molar-refractivity contribution >= 4 is 0 Å². The first-order chi connectivity index (χ1) is 8.02. The van der Waals surface area contributed by atoms with E-state index in [9.17, 15) is 0 Å². The Morgan fingerprint density at radius 3 is 2.41 bits per heavy atom. The molecule has 0 atom stereocenters. The van der Waals surface area contributed by atoms with Gasteiger partial charge >= 0.3 is 0 Å². The largest absolute Gasteiger partial charge is 0.310 e. The van der Waals surface area contributed by atoms with Crippen LogP contribution in [0.25, 0.3) is 0 Å². The first kappa shape index (κ1) is 14.1. The monoisotopic (exact) mass is 239 g/mol. The molecule has 17 heavy (non-hydrogen) atoms. The van der Waals surface area contributed by atoms with Gasteiger partial charge in [0.2, 0.25) is 0 Å². The van der Waals surface area contributed by atoms with Crippen LogP contribution in [0.5, 0.6) is 0 Å². The molecular weight excluding hydrogens is 214 g/mol. The second-order valence-corrected chi connectivity index (χ2v) is 4.95. The van der Waals surface area contributed by atoms with Crippen LogP contribution in [0, 0.1) is 0 Å². The third kappa shape index (κ3) is 4.44. The molecule has 0 amide bonds. The molecule has 1 aromatic rings. The van der Waals surface area contributed by atoms with Gasteiger partial charge in [-0.05, 0) is 27.7 Å². The van der Waals surface area contributed by atoms with E-state index in [1.807, 2.05) is 7.05 Å². The van der Waals surface area contributed by atoms with E-state index in [-0.39, 0.29) is 0 Å². The van der Waals surface area contributed by atoms with Gasteiger partial charge in [-0.25, -0.2) is 0 Å². The minimum Gasteiger partial charge on any atom is -0.310 e. The topological polar surface area (TPSA) is 46.0 Å². The quantitative estimate of drug-likeness (QED) is 0.722. The zero-order valence-corrected chi connectivity index (χ0v) is 11.6. The van der Waals surface area contributed by atoms with Crippen LogP contribution >= 0.6 is 0 Å². The Kier molecular flexibility index (Phi) is 5.58. The van der Waals surface area contributed by atoms with Crippen molar-refractivity contribution in [1.29, 1.82) is 0 Å². The maximum atomic E-state index is 3.90. The normalized spacial score (nSPS) is 12.0. The molecular formula is C12H25N5. The Hall–Kier alpha value is -0.940. The van der Waals surface area contributed by atoms with Crippen molar-refractivity contribution in [3.63, 3.8) is 0 Å². The lowest BCUT2D eigenvalue weighted by molar-refractivity contribution is 0.175. The molecule has 0 radical (unpaired) electrons. The molecule has 0 fully saturated rings. The van der Waals surface area contributed by atoms with Crippen molar-refractivity contribution in [1.82, 2.24) is 25.2 Å². The van der Waals surface area contributed by atoms with Crippen molar-refractivity contribution in [3.05, 3.63) is 11.9 Å². The average Bonchev–Trinajstić information content (AvgIpc) is 2.63. The third-order valence-corrected chi connectivity index (χ3v) is 2.99. The van der Waals surface area contributed by atoms with Gasteiger partial charge in [-0.15, -0.1) is 5.10 Å². The predicted molar refractivity (Wildman–Crippen MR) is 69.7 cm³/mol. The number of nitrogens with zero attached hydrogens (tertiary/aromatic N) is 4. The number of hydrogen-bond acceptors (Lipinski definition) is 4. The van der Waals surface area contributed by atoms with E-state index in [1.165, 1.54) is 0 Å². The molecule has 0 saturated carbocycles. The highest BCUT2D eigenvalue weighted by Crippen LogP contribution is 2.03. The Labute approximate surface area is 104 Å². The molecule has 5 nitrogen and oxygen atoms in total. The van der Waals surface area contributed by atoms with Gasteiger partial charge in [0.05, 0.1) is 11.9 Å². The highest BCUT2D eigenvalue weighted by Gasteiger charge is 2.12. The molecule has 1 rings (SSSR count). The van der Waals surface area contributed by atoms with Crippen LogP contribution < -0.4 is 5.32 Å². The van der Waals surface area contributed by atoms with Gasteiger partial charge in [-0.3, -0.25) is 9.58 Å². The summed E-state index contributed by atoms with van der Waals surface area (Å²) in [4.78, 5) is 2.48. The Morgan fingerprint density at radius 2 is 1.94 bits per heavy atom. The standard InChI is InChI=1S/C12H25N5/c1-10(2)17(11(3)4)7-6-13-8-12-9-14-15-16(12)5/h9-11,13H,6-8H2,1-5H3. The van der Waals surface area contributed by atoms with Crippen LogP contribution in [0.1, 0.15) is 33.4 Å². The van der Waals surface area contributed by atoms with Gasteiger partial charge in [-0.2, -0.15) is 0 Å². The molecule has 0 bridgehead atoms. The maximum Gasteiger partial charge on any atom is 0.0738 e. The second-order valence-electron chi connectivity index (χ2n) is 4.95. The van der Waals surface area contributed by atoms with Gasteiger partial charge in [0.15, 0.2) is 0 Å². The first-order valence-electron chi connectivity index (χ1n) is 6.32. The Morgan fingerprint density at radius 1 is 1.29 bits per heavy atom. The van der Waals surface area contributed by atoms with Crippen LogP contribution in [0.3, 0.4) is 0 Å². The van der Waals surface area contributed by atoms with Crippen LogP contribution in [-0.2, 0) is 13.6 Å². The van der Waals surface area contributed by atoms with Gasteiger partial charge in [0.1, 0.15) is 0 Å². The Bertz CT molecular complexity index is 310. The van der Waals surface area contributed by atoms with E-state index < -0.39 is 0 Å². The summed E-state index contributed by atoms with van der Waals surface area (Å²) >= 11 is 0. The van der Waals surface area contributed by atoms with E-state index in [1.54, 1.807) is 10.9 Å². The fourth-order valence-electron chi connectivity index (χ4n) is 2.01. The van der Waals surface area contributed by atoms with Crippen molar-refractivity contribution in [2.45, 2.75) is 46.3 Å². The lowest BCUT2D eigenvalue weighted by Crippen LogP contribution is -2.41. The zero-order valence-electron chi connectivity index (χ0n) is 11.6. The summed E-state index contributed by atoms with van der Waals surface area (Å²) in [5.74, 6) is 0. The van der Waals surface area contributed by atoms with Crippen molar-refractivity contribution < 1.29 is 0 Å². The summed E-state index contributed by atoms with van der Waals surface area (Å²) in [7, 11) is 1.92. The van der Waals surface area contributed by atoms with Crippen LogP contribution in [-0.4, -0.2) is 45.1 Å². The van der Waals surface area contributed by atoms with Gasteiger partial charge in [-0.1, -0.05) is 5.21 Å². The van der Waals surface area contributed by atoms with Crippen LogP contribution in [0.15, 0.2) is 6.20 Å². The summed E-state index contributed by atoms with van der Waals surface area (Å²) in [6, 6.07) is 1.19. The zero-order chi connectivity index (χ0) is 12.8. The van der Waals surface area contributed by atoms with E-state index in [0.29, 0.717) is 12.1 Å². The number of hydrogen-bond donors (Lipinski definition) is 1. The van der Waals surface area contributed by atoms with E-state index in [2.05, 4.69) is 48.2 Å². The van der Waals surface area contributed by atoms with Crippen molar-refractivity contribution in [2.75, 3.05) is 13.1 Å². The molecule has 0 aromatic carbocycles. The highest BCUT2D eigenvalue weighted by atomic mass is 15.4. The molecule has 5 heteroatoms. The van der Waals surface area contributed by atoms with Gasteiger partial charge in [0.25, 0.3) is 0 Å². The van der Waals surface area contributed by atoms with Crippen LogP contribution in [0.2, 0.25) is 0 Å². The van der Waals surface area contributed by atoms with Gasteiger partial charge < -0.3 is 5.32 Å². The summed E-state index contributed by atoms with van der Waals surface area (Å²) < 4.78 is 1.80. The minimum atomic E-state index is 0.593. The molecule has 0 aliphatic heterocycles. The van der Waals surface area contributed by atoms with Crippen molar-refractivity contribution in [2.24, 2.45) is 7.05 Å². The molecule has 0 saturated heterocycles. The van der Waals surface area contributed by atoms with Crippen LogP contribution in [0.4, 0.5) is 0 Å². The third-order valence-electron chi connectivity index (χ3n) is 2.99. The second kappa shape index (κ2) is 6.71. The minimum absolute atomic E-state index is 0.593. The molecule has 1 heterocycles. The van der Waals surface area contributed by atoms with E-state index >= 15 is 0 Å². The fraction of sp³-hybridized carbons (Fsp3) is 0.833. The molecule has 98 valence electrons. The summed E-state index contributed by atoms with van der Waals surface area (Å²) in [6.45, 7) is 11.8. The lowest BCUT2D eigenvalue weighted by Gasteiger charge is -2.30. The first-order valence-corrected chi connectivity index (χ1v) is 6.32. The highest BCUT2D eigenvalue weighted by molar-refractivity contribution is 4.92. The number of rotatable bonds is 7.